The van der Waals surface area contributed by atoms with Gasteiger partial charge in [-0.15, -0.1) is 0 Å². The van der Waals surface area contributed by atoms with Gasteiger partial charge in [0.25, 0.3) is 5.91 Å². The zero-order valence-corrected chi connectivity index (χ0v) is 18.7. The third-order valence-corrected chi connectivity index (χ3v) is 5.08. The number of carboxylic acid groups (broad SMARTS) is 1. The molecule has 3 N–H and O–H groups in total. The Kier molecular flexibility index (Phi) is 9.24. The summed E-state index contributed by atoms with van der Waals surface area (Å²) in [6, 6.07) is 5.05. The molecule has 0 saturated heterocycles. The Morgan fingerprint density at radius 2 is 1.88 bits per heavy atom. The number of benzene rings is 1. The molecule has 1 aromatic heterocycles. The molecule has 0 saturated carbocycles. The van der Waals surface area contributed by atoms with Crippen molar-refractivity contribution in [2.45, 2.75) is 59.0 Å². The first-order valence-electron chi connectivity index (χ1n) is 10.7. The van der Waals surface area contributed by atoms with Gasteiger partial charge in [0, 0.05) is 17.0 Å². The zero-order valence-electron chi connectivity index (χ0n) is 18.7. The fraction of sp³-hybridized carbons (Fsp3) is 0.478. The number of hydrogen-bond acceptors (Lipinski definition) is 6. The summed E-state index contributed by atoms with van der Waals surface area (Å²) in [5, 5.41) is 13.9. The number of carbonyl (C=O) groups is 3. The predicted octanol–water partition coefficient (Wildman–Crippen LogP) is 2.31. The van der Waals surface area contributed by atoms with Gasteiger partial charge >= 0.3 is 11.6 Å². The van der Waals surface area contributed by atoms with Crippen LogP contribution in [0, 0.1) is 6.92 Å². The van der Waals surface area contributed by atoms with Gasteiger partial charge in [0.15, 0.2) is 6.10 Å². The van der Waals surface area contributed by atoms with Crippen LogP contribution in [0.4, 0.5) is 0 Å². The monoisotopic (exact) mass is 446 g/mol. The summed E-state index contributed by atoms with van der Waals surface area (Å²) in [4.78, 5) is 46.5. The lowest BCUT2D eigenvalue weighted by atomic mass is 10.0. The predicted molar refractivity (Wildman–Crippen MR) is 119 cm³/mol. The Morgan fingerprint density at radius 3 is 2.56 bits per heavy atom. The summed E-state index contributed by atoms with van der Waals surface area (Å²) in [5.74, 6) is -2.01. The Balaban J connectivity index is 2.02. The highest BCUT2D eigenvalue weighted by Gasteiger charge is 2.17. The van der Waals surface area contributed by atoms with Gasteiger partial charge < -0.3 is 24.9 Å². The Labute approximate surface area is 186 Å². The van der Waals surface area contributed by atoms with Crippen molar-refractivity contribution in [1.82, 2.24) is 10.6 Å². The molecule has 9 heteroatoms. The summed E-state index contributed by atoms with van der Waals surface area (Å²) in [6.45, 7) is 4.66. The third kappa shape index (κ3) is 7.11. The topological polar surface area (TPSA) is 135 Å². The largest absolute Gasteiger partial charge is 0.481 e. The molecule has 32 heavy (non-hydrogen) atoms. The molecule has 0 aliphatic heterocycles. The quantitative estimate of drug-likeness (QED) is 0.336. The Hall–Kier alpha value is -3.36. The van der Waals surface area contributed by atoms with Crippen molar-refractivity contribution in [2.24, 2.45) is 0 Å². The van der Waals surface area contributed by atoms with Crippen LogP contribution in [0.3, 0.4) is 0 Å². The molecule has 1 atom stereocenters. The molecule has 2 amide bonds. The number of fused-ring (bicyclic) bond motifs is 1. The molecule has 0 fully saturated rings. The van der Waals surface area contributed by atoms with Gasteiger partial charge in [-0.2, -0.15) is 0 Å². The lowest BCUT2D eigenvalue weighted by Crippen LogP contribution is -2.43. The standard InChI is InChI=1S/C23H30N2O7/c1-4-5-6-7-8-18-14(2)17-10-9-16(11-19(17)32-23(18)30)31-15(3)22(29)25-12-20(26)24-13-21(27)28/h9-11,15H,4-8,12-13H2,1-3H3,(H,24,26)(H,25,29)(H,27,28). The first kappa shape index (κ1) is 24.9. The molecular weight excluding hydrogens is 416 g/mol. The van der Waals surface area contributed by atoms with Crippen LogP contribution >= 0.6 is 0 Å². The second kappa shape index (κ2) is 11.9. The number of carbonyl (C=O) groups excluding carboxylic acids is 2. The molecule has 9 nitrogen and oxygen atoms in total. The molecule has 1 aromatic carbocycles. The number of amides is 2. The molecule has 1 unspecified atom stereocenters. The first-order chi connectivity index (χ1) is 15.2. The van der Waals surface area contributed by atoms with Crippen LogP contribution in [0.1, 0.15) is 50.7 Å². The summed E-state index contributed by atoms with van der Waals surface area (Å²) < 4.78 is 11.1. The van der Waals surface area contributed by atoms with E-state index < -0.39 is 30.4 Å². The van der Waals surface area contributed by atoms with Gasteiger partial charge in [-0.3, -0.25) is 14.4 Å². The van der Waals surface area contributed by atoms with Crippen molar-refractivity contribution in [2.75, 3.05) is 13.1 Å². The number of ether oxygens (including phenoxy) is 1. The van der Waals surface area contributed by atoms with Crippen LogP contribution in [-0.2, 0) is 20.8 Å². The van der Waals surface area contributed by atoms with Crippen LogP contribution in [0.25, 0.3) is 11.0 Å². The zero-order chi connectivity index (χ0) is 23.7. The fourth-order valence-electron chi connectivity index (χ4n) is 3.27. The van der Waals surface area contributed by atoms with Crippen molar-refractivity contribution in [1.29, 1.82) is 0 Å². The smallest absolute Gasteiger partial charge is 0.339 e. The maximum absolute atomic E-state index is 12.5. The van der Waals surface area contributed by atoms with E-state index >= 15 is 0 Å². The first-order valence-corrected chi connectivity index (χ1v) is 10.7. The highest BCUT2D eigenvalue weighted by molar-refractivity contribution is 5.88. The van der Waals surface area contributed by atoms with Crippen LogP contribution in [0.2, 0.25) is 0 Å². The Bertz CT molecular complexity index is 1030. The lowest BCUT2D eigenvalue weighted by Gasteiger charge is -2.15. The van der Waals surface area contributed by atoms with Gasteiger partial charge in [0.2, 0.25) is 5.91 Å². The molecule has 174 valence electrons. The van der Waals surface area contributed by atoms with Gasteiger partial charge in [0.1, 0.15) is 17.9 Å². The number of hydrogen-bond donors (Lipinski definition) is 3. The normalized spacial score (nSPS) is 11.7. The fourth-order valence-corrected chi connectivity index (χ4v) is 3.27. The average molecular weight is 447 g/mol. The molecule has 0 radical (unpaired) electrons. The summed E-state index contributed by atoms with van der Waals surface area (Å²) >= 11 is 0. The minimum absolute atomic E-state index is 0.341. The van der Waals surface area contributed by atoms with E-state index in [9.17, 15) is 19.2 Å². The highest BCUT2D eigenvalue weighted by atomic mass is 16.5. The number of carboxylic acids is 1. The molecule has 0 aliphatic carbocycles. The molecule has 0 aliphatic rings. The molecule has 2 rings (SSSR count). The van der Waals surface area contributed by atoms with Gasteiger partial charge in [0.05, 0.1) is 6.54 Å². The van der Waals surface area contributed by atoms with Crippen molar-refractivity contribution in [3.05, 3.63) is 39.7 Å². The van der Waals surface area contributed by atoms with E-state index in [1.807, 2.05) is 6.92 Å². The third-order valence-electron chi connectivity index (χ3n) is 5.08. The van der Waals surface area contributed by atoms with Crippen LogP contribution in [0.15, 0.2) is 27.4 Å². The number of aryl methyl sites for hydroxylation is 1. The van der Waals surface area contributed by atoms with Crippen LogP contribution in [-0.4, -0.2) is 42.1 Å². The number of nitrogens with one attached hydrogen (secondary N) is 2. The van der Waals surface area contributed by atoms with E-state index in [2.05, 4.69) is 17.6 Å². The SMILES string of the molecule is CCCCCCc1c(C)c2ccc(OC(C)C(=O)NCC(=O)NCC(=O)O)cc2oc1=O. The van der Waals surface area contributed by atoms with E-state index in [1.54, 1.807) is 18.2 Å². The van der Waals surface area contributed by atoms with Crippen molar-refractivity contribution >= 4 is 28.8 Å². The highest BCUT2D eigenvalue weighted by Crippen LogP contribution is 2.25. The van der Waals surface area contributed by atoms with Gasteiger partial charge in [-0.1, -0.05) is 26.2 Å². The van der Waals surface area contributed by atoms with E-state index in [0.29, 0.717) is 23.3 Å². The minimum atomic E-state index is -1.18. The second-order valence-electron chi connectivity index (χ2n) is 7.61. The number of rotatable bonds is 12. The maximum Gasteiger partial charge on any atom is 0.339 e. The van der Waals surface area contributed by atoms with Crippen molar-refractivity contribution < 1.29 is 28.6 Å². The lowest BCUT2D eigenvalue weighted by molar-refractivity contribution is -0.137. The van der Waals surface area contributed by atoms with E-state index in [-0.39, 0.29) is 12.2 Å². The summed E-state index contributed by atoms with van der Waals surface area (Å²) in [7, 11) is 0. The molecule has 0 bridgehead atoms. The molecular formula is C23H30N2O7. The van der Waals surface area contributed by atoms with Gasteiger partial charge in [-0.25, -0.2) is 4.79 Å². The number of unbranched alkanes of at least 4 members (excludes halogenated alkanes) is 3. The maximum atomic E-state index is 12.5. The molecule has 0 spiro atoms. The minimum Gasteiger partial charge on any atom is -0.481 e. The molecule has 1 heterocycles. The van der Waals surface area contributed by atoms with Crippen molar-refractivity contribution in [3.8, 4) is 5.75 Å². The summed E-state index contributed by atoms with van der Waals surface area (Å²) in [6.07, 6.45) is 4.03. The van der Waals surface area contributed by atoms with E-state index in [0.717, 1.165) is 36.6 Å². The van der Waals surface area contributed by atoms with E-state index in [1.165, 1.54) is 6.92 Å². The van der Waals surface area contributed by atoms with Crippen LogP contribution in [0.5, 0.6) is 5.75 Å². The van der Waals surface area contributed by atoms with E-state index in [4.69, 9.17) is 14.3 Å². The summed E-state index contributed by atoms with van der Waals surface area (Å²) in [5.41, 5.74) is 1.60. The average Bonchev–Trinajstić information content (AvgIpc) is 2.75. The van der Waals surface area contributed by atoms with Crippen LogP contribution < -0.4 is 21.0 Å². The van der Waals surface area contributed by atoms with Gasteiger partial charge in [-0.05, 0) is 44.4 Å². The second-order valence-corrected chi connectivity index (χ2v) is 7.61. The Morgan fingerprint density at radius 1 is 1.12 bits per heavy atom. The number of aliphatic carboxylic acids is 1. The molecule has 2 aromatic rings. The van der Waals surface area contributed by atoms with Crippen molar-refractivity contribution in [3.63, 3.8) is 0 Å².